The lowest BCUT2D eigenvalue weighted by molar-refractivity contribution is -0.168. The van der Waals surface area contributed by atoms with Crippen molar-refractivity contribution < 1.29 is 18.9 Å². The number of fused-ring (bicyclic) bond motifs is 1. The summed E-state index contributed by atoms with van der Waals surface area (Å²) in [5.41, 5.74) is 6.80. The van der Waals surface area contributed by atoms with Gasteiger partial charge in [0, 0.05) is 0 Å². The second-order valence-corrected chi connectivity index (χ2v) is 11.7. The lowest BCUT2D eigenvalue weighted by Crippen LogP contribution is -2.55. The maximum Gasteiger partial charge on any atom is 0.230 e. The third-order valence-electron chi connectivity index (χ3n) is 8.02. The summed E-state index contributed by atoms with van der Waals surface area (Å²) in [4.78, 5) is 8.83. The van der Waals surface area contributed by atoms with Gasteiger partial charge in [0.25, 0.3) is 0 Å². The van der Waals surface area contributed by atoms with Gasteiger partial charge in [0.15, 0.2) is 11.5 Å². The molecular formula is C34H34N6O4S. The molecule has 11 heteroatoms. The van der Waals surface area contributed by atoms with Gasteiger partial charge in [-0.25, -0.2) is 14.5 Å². The van der Waals surface area contributed by atoms with Crippen LogP contribution in [-0.2, 0) is 44.4 Å². The van der Waals surface area contributed by atoms with E-state index < -0.39 is 23.4 Å². The van der Waals surface area contributed by atoms with Gasteiger partial charge in [-0.3, -0.25) is 0 Å². The summed E-state index contributed by atoms with van der Waals surface area (Å²) < 4.78 is 28.0. The maximum atomic E-state index is 11.1. The van der Waals surface area contributed by atoms with Crippen LogP contribution in [0.2, 0.25) is 0 Å². The van der Waals surface area contributed by atoms with Crippen molar-refractivity contribution in [1.82, 2.24) is 19.6 Å². The van der Waals surface area contributed by atoms with Crippen LogP contribution in [0.4, 0.5) is 5.82 Å². The minimum absolute atomic E-state index is 0.145. The largest absolute Gasteiger partial charge is 0.380 e. The Morgan fingerprint density at radius 3 is 2.13 bits per heavy atom. The monoisotopic (exact) mass is 622 g/mol. The molecular weight excluding hydrogens is 588 g/mol. The van der Waals surface area contributed by atoms with Crippen molar-refractivity contribution in [2.75, 3.05) is 18.6 Å². The van der Waals surface area contributed by atoms with Crippen LogP contribution >= 0.6 is 11.8 Å². The number of hydrogen-bond acceptors (Lipinski definition) is 10. The average Bonchev–Trinajstić information content (AvgIpc) is 3.61. The van der Waals surface area contributed by atoms with Gasteiger partial charge >= 0.3 is 0 Å². The van der Waals surface area contributed by atoms with Gasteiger partial charge in [-0.2, -0.15) is 5.26 Å². The Labute approximate surface area is 266 Å². The van der Waals surface area contributed by atoms with Crippen LogP contribution in [0.3, 0.4) is 0 Å². The van der Waals surface area contributed by atoms with E-state index in [4.69, 9.17) is 24.7 Å². The normalized spacial score (nSPS) is 22.9. The smallest absolute Gasteiger partial charge is 0.230 e. The highest BCUT2D eigenvalue weighted by molar-refractivity contribution is 7.98. The van der Waals surface area contributed by atoms with Crippen molar-refractivity contribution in [1.29, 1.82) is 5.26 Å². The molecule has 3 heterocycles. The molecule has 4 atom stereocenters. The van der Waals surface area contributed by atoms with Crippen molar-refractivity contribution in [3.63, 3.8) is 0 Å². The second-order valence-electron chi connectivity index (χ2n) is 10.9. The van der Waals surface area contributed by atoms with Gasteiger partial charge in [-0.1, -0.05) is 103 Å². The Morgan fingerprint density at radius 2 is 1.53 bits per heavy atom. The Balaban J connectivity index is 1.44. The van der Waals surface area contributed by atoms with E-state index in [1.807, 2.05) is 104 Å². The molecule has 0 bridgehead atoms. The number of thioether (sulfide) groups is 1. The lowest BCUT2D eigenvalue weighted by atomic mass is 9.79. The van der Waals surface area contributed by atoms with Crippen LogP contribution in [0.1, 0.15) is 29.3 Å². The number of ether oxygens (including phenoxy) is 4. The third kappa shape index (κ3) is 6.03. The molecule has 0 amide bonds. The molecule has 6 rings (SSSR count). The van der Waals surface area contributed by atoms with Crippen molar-refractivity contribution in [3.05, 3.63) is 120 Å². The molecule has 1 aliphatic rings. The number of anilines is 1. The number of rotatable bonds is 12. The lowest BCUT2D eigenvalue weighted by Gasteiger charge is -2.39. The van der Waals surface area contributed by atoms with Crippen LogP contribution in [-0.4, -0.2) is 50.3 Å². The van der Waals surface area contributed by atoms with Gasteiger partial charge in [0.1, 0.15) is 29.6 Å². The number of nitriles is 1. The fourth-order valence-corrected chi connectivity index (χ4v) is 6.04. The summed E-state index contributed by atoms with van der Waals surface area (Å²) in [5, 5.41) is 16.2. The summed E-state index contributed by atoms with van der Waals surface area (Å²) in [6.45, 7) is 2.84. The first-order valence-electron chi connectivity index (χ1n) is 14.6. The Kier molecular flexibility index (Phi) is 9.11. The van der Waals surface area contributed by atoms with E-state index in [-0.39, 0.29) is 25.6 Å². The van der Waals surface area contributed by atoms with Gasteiger partial charge in [0.2, 0.25) is 10.8 Å². The highest BCUT2D eigenvalue weighted by atomic mass is 32.2. The molecule has 45 heavy (non-hydrogen) atoms. The molecule has 5 aromatic rings. The topological polar surface area (TPSA) is 130 Å². The average molecular weight is 623 g/mol. The Morgan fingerprint density at radius 1 is 0.933 bits per heavy atom. The van der Waals surface area contributed by atoms with Crippen LogP contribution in [0, 0.1) is 11.3 Å². The molecule has 1 unspecified atom stereocenters. The zero-order valence-electron chi connectivity index (χ0n) is 25.1. The number of nitrogens with two attached hydrogens (primary N) is 1. The van der Waals surface area contributed by atoms with Crippen molar-refractivity contribution >= 4 is 23.2 Å². The number of nitrogen functional groups attached to an aromatic ring is 1. The first kappa shape index (κ1) is 30.7. The zero-order valence-corrected chi connectivity index (χ0v) is 25.9. The van der Waals surface area contributed by atoms with Gasteiger partial charge in [-0.15, -0.1) is 5.10 Å². The van der Waals surface area contributed by atoms with E-state index in [9.17, 15) is 5.26 Å². The number of imidazole rings is 1. The fraction of sp³-hybridized carbons (Fsp3) is 0.294. The van der Waals surface area contributed by atoms with Crippen LogP contribution in [0.15, 0.2) is 102 Å². The molecule has 3 aromatic carbocycles. The summed E-state index contributed by atoms with van der Waals surface area (Å²) in [6, 6.07) is 32.0. The Bertz CT molecular complexity index is 1770. The zero-order chi connectivity index (χ0) is 31.3. The second kappa shape index (κ2) is 13.4. The standard InChI is InChI=1S/C34H34N6O4S/c1-33(43-21-26-16-10-5-11-17-26)29(42-20-25-14-8-4-9-15-25)27(22-41-19-24-12-6-3-7-13-24)44-34(33,23-35)28-18-37-31-30(36)38-32(45-2)39-40(28)31/h3-18,27,29H,19-22H2,1-2H3,(H2,36,38,39)/t27-,29-,33-,34?/m1/s1. The molecule has 230 valence electrons. The van der Waals surface area contributed by atoms with Crippen LogP contribution in [0.25, 0.3) is 5.65 Å². The molecule has 0 radical (unpaired) electrons. The first-order chi connectivity index (χ1) is 22.0. The summed E-state index contributed by atoms with van der Waals surface area (Å²) >= 11 is 1.33. The predicted molar refractivity (Wildman–Crippen MR) is 170 cm³/mol. The van der Waals surface area contributed by atoms with Crippen molar-refractivity contribution in [2.24, 2.45) is 0 Å². The molecule has 0 saturated carbocycles. The molecule has 1 aliphatic heterocycles. The van der Waals surface area contributed by atoms with E-state index in [0.717, 1.165) is 16.7 Å². The summed E-state index contributed by atoms with van der Waals surface area (Å²) in [6.07, 6.45) is 1.98. The van der Waals surface area contributed by atoms with E-state index >= 15 is 0 Å². The fourth-order valence-electron chi connectivity index (χ4n) is 5.69. The van der Waals surface area contributed by atoms with E-state index in [1.165, 1.54) is 16.3 Å². The van der Waals surface area contributed by atoms with Gasteiger partial charge in [0.05, 0.1) is 32.6 Å². The molecule has 0 spiro atoms. The predicted octanol–water partition coefficient (Wildman–Crippen LogP) is 5.32. The SMILES string of the molecule is CSc1nc(N)c2ncc(C3(C#N)O[C@H](COCc4ccccc4)[C@@H](OCc4ccccc4)[C@@]3(C)OCc3ccccc3)n2n1. The maximum absolute atomic E-state index is 11.1. The molecule has 2 N–H and O–H groups in total. The minimum atomic E-state index is -1.72. The van der Waals surface area contributed by atoms with Crippen molar-refractivity contribution in [3.8, 4) is 6.07 Å². The van der Waals surface area contributed by atoms with E-state index in [1.54, 1.807) is 6.20 Å². The number of benzene rings is 3. The number of hydrogen-bond donors (Lipinski definition) is 1. The summed E-state index contributed by atoms with van der Waals surface area (Å²) in [7, 11) is 0. The highest BCUT2D eigenvalue weighted by Gasteiger charge is 2.68. The summed E-state index contributed by atoms with van der Waals surface area (Å²) in [5.74, 6) is 0.193. The van der Waals surface area contributed by atoms with Crippen LogP contribution in [0.5, 0.6) is 0 Å². The quantitative estimate of drug-likeness (QED) is 0.182. The molecule has 10 nitrogen and oxygen atoms in total. The van der Waals surface area contributed by atoms with Crippen LogP contribution < -0.4 is 5.73 Å². The molecule has 0 aliphatic carbocycles. The van der Waals surface area contributed by atoms with E-state index in [2.05, 4.69) is 21.1 Å². The number of nitrogens with zero attached hydrogens (tertiary/aromatic N) is 5. The first-order valence-corrected chi connectivity index (χ1v) is 15.8. The van der Waals surface area contributed by atoms with E-state index in [0.29, 0.717) is 23.1 Å². The third-order valence-corrected chi connectivity index (χ3v) is 8.56. The van der Waals surface area contributed by atoms with Gasteiger partial charge in [-0.05, 0) is 29.9 Å². The Hall–Kier alpha value is -4.31. The number of aromatic nitrogens is 4. The van der Waals surface area contributed by atoms with Crippen molar-refractivity contribution in [2.45, 2.75) is 55.3 Å². The molecule has 2 aromatic heterocycles. The molecule has 1 fully saturated rings. The van der Waals surface area contributed by atoms with Gasteiger partial charge < -0.3 is 24.7 Å². The molecule has 1 saturated heterocycles. The highest BCUT2D eigenvalue weighted by Crippen LogP contribution is 2.51. The minimum Gasteiger partial charge on any atom is -0.380 e.